The van der Waals surface area contributed by atoms with Crippen molar-refractivity contribution in [2.24, 2.45) is 0 Å². The molecule has 0 fully saturated rings. The Hall–Kier alpha value is -1.39. The molecule has 1 heterocycles. The van der Waals surface area contributed by atoms with E-state index in [1.54, 1.807) is 19.1 Å². The van der Waals surface area contributed by atoms with Crippen LogP contribution >= 0.6 is 27.5 Å². The molecule has 0 aliphatic carbocycles. The van der Waals surface area contributed by atoms with Crippen LogP contribution in [0.4, 0.5) is 5.69 Å². The highest BCUT2D eigenvalue weighted by atomic mass is 79.9. The van der Waals surface area contributed by atoms with Gasteiger partial charge in [-0.3, -0.25) is 4.79 Å². The Labute approximate surface area is 125 Å². The van der Waals surface area contributed by atoms with E-state index in [0.717, 1.165) is 15.7 Å². The average molecular weight is 340 g/mol. The van der Waals surface area contributed by atoms with Gasteiger partial charge < -0.3 is 5.32 Å². The summed E-state index contributed by atoms with van der Waals surface area (Å²) in [5.74, 6) is -0.200. The largest absolute Gasteiger partial charge is 0.322 e. The van der Waals surface area contributed by atoms with Gasteiger partial charge in [-0.15, -0.1) is 0 Å². The first-order valence-electron chi connectivity index (χ1n) is 5.67. The maximum absolute atomic E-state index is 12.2. The topological polar surface area (TPSA) is 42.0 Å². The third kappa shape index (κ3) is 3.55. The third-order valence-electron chi connectivity index (χ3n) is 2.63. The molecule has 0 saturated heterocycles. The van der Waals surface area contributed by atoms with Crippen molar-refractivity contribution in [1.29, 1.82) is 0 Å². The zero-order valence-electron chi connectivity index (χ0n) is 10.5. The molecule has 0 spiro atoms. The number of carbonyl (C=O) groups excluding carboxylic acids is 1. The lowest BCUT2D eigenvalue weighted by Crippen LogP contribution is -2.13. The lowest BCUT2D eigenvalue weighted by molar-refractivity contribution is 0.102. The van der Waals surface area contributed by atoms with Gasteiger partial charge in [-0.25, -0.2) is 4.98 Å². The van der Waals surface area contributed by atoms with Crippen LogP contribution in [0.15, 0.2) is 34.8 Å². The average Bonchev–Trinajstić information content (AvgIpc) is 2.32. The maximum Gasteiger partial charge on any atom is 0.255 e. The quantitative estimate of drug-likeness (QED) is 0.826. The van der Waals surface area contributed by atoms with Gasteiger partial charge in [-0.2, -0.15) is 0 Å². The maximum atomic E-state index is 12.2. The fourth-order valence-electron chi connectivity index (χ4n) is 1.68. The molecule has 5 heteroatoms. The first-order valence-corrected chi connectivity index (χ1v) is 6.84. The molecule has 1 N–H and O–H groups in total. The van der Waals surface area contributed by atoms with E-state index >= 15 is 0 Å². The number of aryl methyl sites for hydroxylation is 2. The number of hydrogen-bond donors (Lipinski definition) is 1. The molecule has 0 aliphatic rings. The summed E-state index contributed by atoms with van der Waals surface area (Å²) in [5.41, 5.74) is 2.97. The highest BCUT2D eigenvalue weighted by Gasteiger charge is 2.10. The minimum absolute atomic E-state index is 0.200. The Morgan fingerprint density at radius 1 is 1.26 bits per heavy atom. The Morgan fingerprint density at radius 3 is 2.68 bits per heavy atom. The molecule has 0 unspecified atom stereocenters. The Morgan fingerprint density at radius 2 is 2.00 bits per heavy atom. The zero-order chi connectivity index (χ0) is 14.0. The second-order valence-electron chi connectivity index (χ2n) is 4.23. The lowest BCUT2D eigenvalue weighted by Gasteiger charge is -2.09. The van der Waals surface area contributed by atoms with E-state index in [-0.39, 0.29) is 5.91 Å². The number of aromatic nitrogens is 1. The van der Waals surface area contributed by atoms with Crippen molar-refractivity contribution in [1.82, 2.24) is 4.98 Å². The van der Waals surface area contributed by atoms with Gasteiger partial charge in [-0.05, 0) is 43.7 Å². The van der Waals surface area contributed by atoms with Crippen LogP contribution in [0.3, 0.4) is 0 Å². The number of carbonyl (C=O) groups is 1. The van der Waals surface area contributed by atoms with Crippen molar-refractivity contribution in [2.75, 3.05) is 5.32 Å². The van der Waals surface area contributed by atoms with Crippen molar-refractivity contribution < 1.29 is 4.79 Å². The summed E-state index contributed by atoms with van der Waals surface area (Å²) in [5, 5.41) is 3.18. The van der Waals surface area contributed by atoms with Crippen LogP contribution in [0.1, 0.15) is 21.6 Å². The molecular formula is C14H12BrClN2O. The monoisotopic (exact) mass is 338 g/mol. The minimum atomic E-state index is -0.200. The molecule has 19 heavy (non-hydrogen) atoms. The molecule has 0 saturated carbocycles. The van der Waals surface area contributed by atoms with Gasteiger partial charge in [0.05, 0.1) is 0 Å². The van der Waals surface area contributed by atoms with E-state index in [1.165, 1.54) is 0 Å². The number of nitrogens with one attached hydrogen (secondary N) is 1. The van der Waals surface area contributed by atoms with E-state index in [9.17, 15) is 4.79 Å². The van der Waals surface area contributed by atoms with Crippen molar-refractivity contribution >= 4 is 39.1 Å². The molecule has 1 aromatic carbocycles. The summed E-state index contributed by atoms with van der Waals surface area (Å²) in [6.45, 7) is 3.74. The lowest BCUT2D eigenvalue weighted by atomic mass is 10.1. The van der Waals surface area contributed by atoms with Gasteiger partial charge in [0.2, 0.25) is 0 Å². The van der Waals surface area contributed by atoms with E-state index in [2.05, 4.69) is 26.2 Å². The van der Waals surface area contributed by atoms with Gasteiger partial charge in [0.15, 0.2) is 0 Å². The fraction of sp³-hybridized carbons (Fsp3) is 0.143. The molecule has 0 aliphatic heterocycles. The molecule has 1 amide bonds. The van der Waals surface area contributed by atoms with Crippen LogP contribution in [-0.2, 0) is 0 Å². The zero-order valence-corrected chi connectivity index (χ0v) is 12.8. The number of pyridine rings is 1. The molecular weight excluding hydrogens is 328 g/mol. The van der Waals surface area contributed by atoms with Crippen LogP contribution in [0.5, 0.6) is 0 Å². The SMILES string of the molecule is Cc1cc(C(=O)Nc2cc(Br)ccc2C)cc(Cl)n1. The number of hydrogen-bond acceptors (Lipinski definition) is 2. The summed E-state index contributed by atoms with van der Waals surface area (Å²) < 4.78 is 0.914. The Kier molecular flexibility index (Phi) is 4.22. The van der Waals surface area contributed by atoms with Gasteiger partial charge in [0.1, 0.15) is 5.15 Å². The minimum Gasteiger partial charge on any atom is -0.322 e. The predicted octanol–water partition coefficient (Wildman–Crippen LogP) is 4.37. The highest BCUT2D eigenvalue weighted by molar-refractivity contribution is 9.10. The predicted molar refractivity (Wildman–Crippen MR) is 80.8 cm³/mol. The number of anilines is 1. The second kappa shape index (κ2) is 5.72. The third-order valence-corrected chi connectivity index (χ3v) is 3.32. The standard InChI is InChI=1S/C14H12BrClN2O/c1-8-3-4-11(15)7-12(8)18-14(19)10-5-9(2)17-13(16)6-10/h3-7H,1-2H3,(H,18,19). The van der Waals surface area contributed by atoms with Gasteiger partial charge in [0.25, 0.3) is 5.91 Å². The van der Waals surface area contributed by atoms with Crippen molar-refractivity contribution in [2.45, 2.75) is 13.8 Å². The van der Waals surface area contributed by atoms with Crippen LogP contribution < -0.4 is 5.32 Å². The van der Waals surface area contributed by atoms with E-state index in [4.69, 9.17) is 11.6 Å². The number of halogens is 2. The Bertz CT molecular complexity index is 623. The molecule has 0 bridgehead atoms. The molecule has 3 nitrogen and oxygen atoms in total. The summed E-state index contributed by atoms with van der Waals surface area (Å²) in [7, 11) is 0. The van der Waals surface area contributed by atoms with Gasteiger partial charge >= 0.3 is 0 Å². The molecule has 0 radical (unpaired) electrons. The highest BCUT2D eigenvalue weighted by Crippen LogP contribution is 2.21. The normalized spacial score (nSPS) is 10.3. The van der Waals surface area contributed by atoms with E-state index in [0.29, 0.717) is 16.4 Å². The number of benzene rings is 1. The van der Waals surface area contributed by atoms with Crippen LogP contribution in [0.2, 0.25) is 5.15 Å². The second-order valence-corrected chi connectivity index (χ2v) is 5.54. The molecule has 2 aromatic rings. The molecule has 98 valence electrons. The molecule has 2 rings (SSSR count). The first kappa shape index (κ1) is 14.0. The van der Waals surface area contributed by atoms with E-state index < -0.39 is 0 Å². The summed E-state index contributed by atoms with van der Waals surface area (Å²) in [4.78, 5) is 16.2. The Balaban J connectivity index is 2.28. The number of rotatable bonds is 2. The van der Waals surface area contributed by atoms with Gasteiger partial charge in [0, 0.05) is 21.4 Å². The van der Waals surface area contributed by atoms with E-state index in [1.807, 2.05) is 25.1 Å². The summed E-state index contributed by atoms with van der Waals surface area (Å²) in [6, 6.07) is 8.98. The number of amides is 1. The van der Waals surface area contributed by atoms with Crippen LogP contribution in [0.25, 0.3) is 0 Å². The number of nitrogens with zero attached hydrogens (tertiary/aromatic N) is 1. The van der Waals surface area contributed by atoms with Crippen molar-refractivity contribution in [3.63, 3.8) is 0 Å². The first-order chi connectivity index (χ1) is 8.95. The van der Waals surface area contributed by atoms with Crippen LogP contribution in [0, 0.1) is 13.8 Å². The van der Waals surface area contributed by atoms with Gasteiger partial charge in [-0.1, -0.05) is 33.6 Å². The van der Waals surface area contributed by atoms with Crippen molar-refractivity contribution in [3.05, 3.63) is 56.8 Å². The summed E-state index contributed by atoms with van der Waals surface area (Å²) >= 11 is 9.24. The van der Waals surface area contributed by atoms with Crippen molar-refractivity contribution in [3.8, 4) is 0 Å². The molecule has 0 atom stereocenters. The summed E-state index contributed by atoms with van der Waals surface area (Å²) in [6.07, 6.45) is 0. The van der Waals surface area contributed by atoms with Crippen LogP contribution in [-0.4, -0.2) is 10.9 Å². The molecule has 1 aromatic heterocycles. The fourth-order valence-corrected chi connectivity index (χ4v) is 2.29. The smallest absolute Gasteiger partial charge is 0.255 e.